The van der Waals surface area contributed by atoms with Crippen molar-refractivity contribution < 1.29 is 4.74 Å². The predicted octanol–water partition coefficient (Wildman–Crippen LogP) is 2.82. The van der Waals surface area contributed by atoms with Crippen LogP contribution in [-0.4, -0.2) is 28.2 Å². The Morgan fingerprint density at radius 1 is 1.19 bits per heavy atom. The maximum atomic E-state index is 5.60. The summed E-state index contributed by atoms with van der Waals surface area (Å²) in [7, 11) is 0. The van der Waals surface area contributed by atoms with E-state index >= 15 is 0 Å². The Hall–Kier alpha value is -2.23. The van der Waals surface area contributed by atoms with Gasteiger partial charge in [-0.3, -0.25) is 0 Å². The van der Waals surface area contributed by atoms with Gasteiger partial charge in [0.2, 0.25) is 0 Å². The highest BCUT2D eigenvalue weighted by atomic mass is 16.5. The molecule has 1 aromatic carbocycles. The van der Waals surface area contributed by atoms with Crippen molar-refractivity contribution in [1.82, 2.24) is 10.2 Å². The average molecular weight is 279 g/mol. The van der Waals surface area contributed by atoms with E-state index < -0.39 is 0 Å². The number of benzene rings is 1. The molecular weight excluding hydrogens is 262 g/mol. The first-order chi connectivity index (χ1) is 10.2. The molecule has 1 atom stereocenters. The van der Waals surface area contributed by atoms with Crippen LogP contribution in [0.15, 0.2) is 41.5 Å². The van der Waals surface area contributed by atoms with Crippen LogP contribution in [0.25, 0.3) is 11.3 Å². The van der Waals surface area contributed by atoms with Gasteiger partial charge < -0.3 is 4.74 Å². The number of hydrogen-bond donors (Lipinski definition) is 0. The van der Waals surface area contributed by atoms with E-state index in [1.165, 1.54) is 11.1 Å². The van der Waals surface area contributed by atoms with Crippen molar-refractivity contribution in [3.8, 4) is 11.3 Å². The monoisotopic (exact) mass is 279 g/mol. The first kappa shape index (κ1) is 12.5. The number of aromatic nitrogens is 2. The molecule has 1 aromatic heterocycles. The molecular formula is C17H17N3O. The molecule has 0 N–H and O–H groups in total. The second-order valence-corrected chi connectivity index (χ2v) is 5.91. The number of ether oxygens (including phenoxy) is 1. The van der Waals surface area contributed by atoms with E-state index in [1.807, 2.05) is 19.1 Å². The van der Waals surface area contributed by atoms with Crippen LogP contribution < -0.4 is 0 Å². The van der Waals surface area contributed by atoms with Gasteiger partial charge in [-0.05, 0) is 42.2 Å². The average Bonchev–Trinajstić information content (AvgIpc) is 2.88. The van der Waals surface area contributed by atoms with Crippen LogP contribution in [0, 0.1) is 0 Å². The Kier molecular flexibility index (Phi) is 2.77. The van der Waals surface area contributed by atoms with E-state index in [1.54, 1.807) is 6.20 Å². The zero-order valence-corrected chi connectivity index (χ0v) is 12.0. The van der Waals surface area contributed by atoms with Crippen molar-refractivity contribution in [1.29, 1.82) is 0 Å². The standard InChI is InChI=1S/C17H17N3O/c1-12-19-17(11-21-12)7-6-13-4-5-14(9-15(13)10-17)16-3-2-8-18-20-16/h2-5,8-9H,6-7,10-11H2,1H3. The van der Waals surface area contributed by atoms with Crippen LogP contribution >= 0.6 is 0 Å². The maximum Gasteiger partial charge on any atom is 0.180 e. The zero-order chi connectivity index (χ0) is 14.3. The van der Waals surface area contributed by atoms with Crippen molar-refractivity contribution in [2.24, 2.45) is 4.99 Å². The second-order valence-electron chi connectivity index (χ2n) is 5.91. The Labute approximate surface area is 123 Å². The van der Waals surface area contributed by atoms with Gasteiger partial charge in [0.15, 0.2) is 5.90 Å². The summed E-state index contributed by atoms with van der Waals surface area (Å²) in [6, 6.07) is 10.5. The summed E-state index contributed by atoms with van der Waals surface area (Å²) >= 11 is 0. The molecule has 0 fully saturated rings. The molecule has 0 saturated carbocycles. The molecule has 0 bridgehead atoms. The van der Waals surface area contributed by atoms with Gasteiger partial charge in [0.05, 0.1) is 5.69 Å². The quantitative estimate of drug-likeness (QED) is 0.806. The van der Waals surface area contributed by atoms with E-state index in [0.717, 1.165) is 36.4 Å². The molecule has 1 unspecified atom stereocenters. The van der Waals surface area contributed by atoms with Crippen LogP contribution in [-0.2, 0) is 17.6 Å². The fourth-order valence-electron chi connectivity index (χ4n) is 3.32. The SMILES string of the molecule is CC1=NC2(CCc3ccc(-c4cccnn4)cc3C2)CO1. The van der Waals surface area contributed by atoms with E-state index in [4.69, 9.17) is 9.73 Å². The first-order valence-electron chi connectivity index (χ1n) is 7.33. The molecule has 0 radical (unpaired) electrons. The van der Waals surface area contributed by atoms with Gasteiger partial charge in [0, 0.05) is 25.1 Å². The molecule has 4 rings (SSSR count). The van der Waals surface area contributed by atoms with Gasteiger partial charge in [-0.2, -0.15) is 10.2 Å². The molecule has 2 aromatic rings. The smallest absolute Gasteiger partial charge is 0.180 e. The lowest BCUT2D eigenvalue weighted by Gasteiger charge is -2.30. The molecule has 1 aliphatic heterocycles. The minimum Gasteiger partial charge on any atom is -0.479 e. The first-order valence-corrected chi connectivity index (χ1v) is 7.33. The zero-order valence-electron chi connectivity index (χ0n) is 12.0. The van der Waals surface area contributed by atoms with Crippen LogP contribution in [0.5, 0.6) is 0 Å². The number of aliphatic imine (C=N–C) groups is 1. The van der Waals surface area contributed by atoms with E-state index in [-0.39, 0.29) is 5.54 Å². The van der Waals surface area contributed by atoms with Crippen LogP contribution in [0.3, 0.4) is 0 Å². The number of rotatable bonds is 1. The third kappa shape index (κ3) is 2.20. The summed E-state index contributed by atoms with van der Waals surface area (Å²) in [6.45, 7) is 2.66. The summed E-state index contributed by atoms with van der Waals surface area (Å²) in [5.41, 5.74) is 4.79. The molecule has 0 saturated heterocycles. The van der Waals surface area contributed by atoms with Gasteiger partial charge in [-0.25, -0.2) is 4.99 Å². The number of hydrogen-bond acceptors (Lipinski definition) is 4. The third-order valence-electron chi connectivity index (χ3n) is 4.40. The summed E-state index contributed by atoms with van der Waals surface area (Å²) < 4.78 is 5.60. The number of aryl methyl sites for hydroxylation is 1. The van der Waals surface area contributed by atoms with Gasteiger partial charge in [0.25, 0.3) is 0 Å². The Morgan fingerprint density at radius 2 is 2.14 bits per heavy atom. The van der Waals surface area contributed by atoms with Gasteiger partial charge in [-0.15, -0.1) is 0 Å². The molecule has 0 amide bonds. The van der Waals surface area contributed by atoms with Crippen LogP contribution in [0.1, 0.15) is 24.5 Å². The third-order valence-corrected chi connectivity index (χ3v) is 4.40. The highest BCUT2D eigenvalue weighted by Gasteiger charge is 2.38. The normalized spacial score (nSPS) is 23.6. The van der Waals surface area contributed by atoms with E-state index in [2.05, 4.69) is 28.4 Å². The van der Waals surface area contributed by atoms with E-state index in [0.29, 0.717) is 6.61 Å². The Morgan fingerprint density at radius 3 is 2.90 bits per heavy atom. The molecule has 2 heterocycles. The second kappa shape index (κ2) is 4.65. The van der Waals surface area contributed by atoms with Gasteiger partial charge >= 0.3 is 0 Å². The minimum absolute atomic E-state index is 0.0436. The topological polar surface area (TPSA) is 47.4 Å². The van der Waals surface area contributed by atoms with Crippen LogP contribution in [0.4, 0.5) is 0 Å². The fraction of sp³-hybridized carbons (Fsp3) is 0.353. The predicted molar refractivity (Wildman–Crippen MR) is 81.3 cm³/mol. The van der Waals surface area contributed by atoms with Crippen molar-refractivity contribution in [2.45, 2.75) is 31.7 Å². The highest BCUT2D eigenvalue weighted by Crippen LogP contribution is 2.36. The molecule has 1 spiro atoms. The minimum atomic E-state index is -0.0436. The lowest BCUT2D eigenvalue weighted by molar-refractivity contribution is 0.236. The summed E-state index contributed by atoms with van der Waals surface area (Å²) in [6.07, 6.45) is 4.79. The lowest BCUT2D eigenvalue weighted by Crippen LogP contribution is -2.35. The molecule has 4 nitrogen and oxygen atoms in total. The van der Waals surface area contributed by atoms with Crippen LogP contribution in [0.2, 0.25) is 0 Å². The lowest BCUT2D eigenvalue weighted by atomic mass is 9.78. The molecule has 1 aliphatic carbocycles. The summed E-state index contributed by atoms with van der Waals surface area (Å²) in [5.74, 6) is 0.823. The number of nitrogens with zero attached hydrogens (tertiary/aromatic N) is 3. The summed E-state index contributed by atoms with van der Waals surface area (Å²) in [5, 5.41) is 8.16. The van der Waals surface area contributed by atoms with E-state index in [9.17, 15) is 0 Å². The summed E-state index contributed by atoms with van der Waals surface area (Å²) in [4.78, 5) is 4.75. The number of fused-ring (bicyclic) bond motifs is 1. The molecule has 106 valence electrons. The maximum absolute atomic E-state index is 5.60. The van der Waals surface area contributed by atoms with Gasteiger partial charge in [-0.1, -0.05) is 12.1 Å². The molecule has 2 aliphatic rings. The Balaban J connectivity index is 1.71. The van der Waals surface area contributed by atoms with Crippen molar-refractivity contribution in [3.63, 3.8) is 0 Å². The van der Waals surface area contributed by atoms with Crippen molar-refractivity contribution in [2.75, 3.05) is 6.61 Å². The Bertz CT molecular complexity index is 711. The fourth-order valence-corrected chi connectivity index (χ4v) is 3.32. The molecule has 21 heavy (non-hydrogen) atoms. The van der Waals surface area contributed by atoms with Crippen molar-refractivity contribution in [3.05, 3.63) is 47.7 Å². The van der Waals surface area contributed by atoms with Gasteiger partial charge in [0.1, 0.15) is 12.1 Å². The largest absolute Gasteiger partial charge is 0.479 e. The van der Waals surface area contributed by atoms with Crippen molar-refractivity contribution >= 4 is 5.90 Å². The highest BCUT2D eigenvalue weighted by molar-refractivity contribution is 5.75. The molecule has 4 heteroatoms.